The number of amides is 2. The van der Waals surface area contributed by atoms with E-state index in [1.54, 1.807) is 25.2 Å². The van der Waals surface area contributed by atoms with Crippen LogP contribution in [0.2, 0.25) is 0 Å². The predicted octanol–water partition coefficient (Wildman–Crippen LogP) is 2.83. The maximum atomic E-state index is 12.7. The van der Waals surface area contributed by atoms with Gasteiger partial charge in [-0.1, -0.05) is 30.3 Å². The molecule has 1 unspecified atom stereocenters. The lowest BCUT2D eigenvalue weighted by Crippen LogP contribution is -2.28. The number of para-hydroxylation sites is 3. The van der Waals surface area contributed by atoms with Crippen molar-refractivity contribution in [2.24, 2.45) is 5.92 Å². The molecule has 6 nitrogen and oxygen atoms in total. The highest BCUT2D eigenvalue weighted by molar-refractivity contribution is 6.04. The van der Waals surface area contributed by atoms with Gasteiger partial charge in [-0.25, -0.2) is 0 Å². The number of hydrogen-bond donors (Lipinski definition) is 1. The molecule has 0 aromatic heterocycles. The van der Waals surface area contributed by atoms with Crippen LogP contribution in [-0.4, -0.2) is 32.6 Å². The lowest BCUT2D eigenvalue weighted by atomic mass is 10.1. The van der Waals surface area contributed by atoms with Gasteiger partial charge in [-0.2, -0.15) is 0 Å². The molecule has 1 aliphatic heterocycles. The molecule has 1 heterocycles. The van der Waals surface area contributed by atoms with Crippen LogP contribution in [0, 0.1) is 5.92 Å². The van der Waals surface area contributed by atoms with Gasteiger partial charge in [-0.15, -0.1) is 0 Å². The highest BCUT2D eigenvalue weighted by atomic mass is 16.5. The number of carbonyl (C=O) groups excluding carboxylic acids is 2. The van der Waals surface area contributed by atoms with E-state index in [4.69, 9.17) is 9.47 Å². The number of anilines is 2. The van der Waals surface area contributed by atoms with Crippen molar-refractivity contribution < 1.29 is 19.1 Å². The van der Waals surface area contributed by atoms with Gasteiger partial charge < -0.3 is 19.7 Å². The Bertz CT molecular complexity index is 806. The van der Waals surface area contributed by atoms with Gasteiger partial charge in [-0.3, -0.25) is 9.59 Å². The molecule has 6 heteroatoms. The Kier molecular flexibility index (Phi) is 5.53. The topological polar surface area (TPSA) is 67.9 Å². The molecule has 0 saturated carbocycles. The molecule has 0 spiro atoms. The van der Waals surface area contributed by atoms with E-state index in [0.717, 1.165) is 5.56 Å². The molecule has 3 rings (SSSR count). The molecule has 0 bridgehead atoms. The summed E-state index contributed by atoms with van der Waals surface area (Å²) in [7, 11) is 3.18. The number of nitrogens with one attached hydrogen (secondary N) is 1. The Balaban J connectivity index is 1.73. The van der Waals surface area contributed by atoms with Crippen LogP contribution in [0.1, 0.15) is 12.0 Å². The first-order valence-electron chi connectivity index (χ1n) is 8.45. The Morgan fingerprint density at radius 2 is 1.88 bits per heavy atom. The van der Waals surface area contributed by atoms with Crippen LogP contribution in [-0.2, 0) is 20.9 Å². The smallest absolute Gasteiger partial charge is 0.229 e. The standard InChI is InChI=1S/C20H22N2O4/c1-25-13-14-7-3-4-8-16(14)21-20(24)15-11-19(23)22(12-15)17-9-5-6-10-18(17)26-2/h3-10,15H,11-13H2,1-2H3,(H,21,24). The Labute approximate surface area is 152 Å². The van der Waals surface area contributed by atoms with E-state index >= 15 is 0 Å². The summed E-state index contributed by atoms with van der Waals surface area (Å²) in [6, 6.07) is 14.8. The molecule has 0 radical (unpaired) electrons. The molecule has 136 valence electrons. The molecular formula is C20H22N2O4. The summed E-state index contributed by atoms with van der Waals surface area (Å²) in [6.07, 6.45) is 0.177. The lowest BCUT2D eigenvalue weighted by Gasteiger charge is -2.19. The number of benzene rings is 2. The highest BCUT2D eigenvalue weighted by Crippen LogP contribution is 2.33. The zero-order chi connectivity index (χ0) is 18.5. The van der Waals surface area contributed by atoms with Crippen molar-refractivity contribution >= 4 is 23.2 Å². The number of methoxy groups -OCH3 is 2. The molecule has 26 heavy (non-hydrogen) atoms. The third kappa shape index (κ3) is 3.70. The maximum Gasteiger partial charge on any atom is 0.229 e. The number of rotatable bonds is 6. The van der Waals surface area contributed by atoms with E-state index in [-0.39, 0.29) is 18.2 Å². The van der Waals surface area contributed by atoms with Crippen molar-refractivity contribution in [3.63, 3.8) is 0 Å². The minimum absolute atomic E-state index is 0.0835. The van der Waals surface area contributed by atoms with Crippen LogP contribution in [0.4, 0.5) is 11.4 Å². The molecule has 1 aliphatic rings. The summed E-state index contributed by atoms with van der Waals surface area (Å²) in [4.78, 5) is 26.8. The van der Waals surface area contributed by atoms with Crippen LogP contribution in [0.5, 0.6) is 5.75 Å². The average molecular weight is 354 g/mol. The second-order valence-corrected chi connectivity index (χ2v) is 6.16. The quantitative estimate of drug-likeness (QED) is 0.866. The Morgan fingerprint density at radius 1 is 1.15 bits per heavy atom. The largest absolute Gasteiger partial charge is 0.495 e. The normalized spacial score (nSPS) is 16.6. The van der Waals surface area contributed by atoms with Crippen LogP contribution < -0.4 is 15.0 Å². The van der Waals surface area contributed by atoms with Gasteiger partial charge in [0.2, 0.25) is 11.8 Å². The number of hydrogen-bond acceptors (Lipinski definition) is 4. The fourth-order valence-corrected chi connectivity index (χ4v) is 3.13. The summed E-state index contributed by atoms with van der Waals surface area (Å²) in [5.41, 5.74) is 2.30. The van der Waals surface area contributed by atoms with Crippen LogP contribution in [0.3, 0.4) is 0 Å². The van der Waals surface area contributed by atoms with Gasteiger partial charge in [0, 0.05) is 31.3 Å². The van der Waals surface area contributed by atoms with Crippen molar-refractivity contribution in [3.8, 4) is 5.75 Å². The van der Waals surface area contributed by atoms with Gasteiger partial charge >= 0.3 is 0 Å². The van der Waals surface area contributed by atoms with Crippen LogP contribution in [0.25, 0.3) is 0 Å². The summed E-state index contributed by atoms with van der Waals surface area (Å²) in [5.74, 6) is -0.0468. The number of nitrogens with zero attached hydrogens (tertiary/aromatic N) is 1. The molecule has 2 aromatic rings. The third-order valence-corrected chi connectivity index (χ3v) is 4.45. The Morgan fingerprint density at radius 3 is 2.65 bits per heavy atom. The van der Waals surface area contributed by atoms with Gasteiger partial charge in [0.15, 0.2) is 0 Å². The predicted molar refractivity (Wildman–Crippen MR) is 99.2 cm³/mol. The lowest BCUT2D eigenvalue weighted by molar-refractivity contribution is -0.122. The molecule has 1 saturated heterocycles. The van der Waals surface area contributed by atoms with E-state index in [1.165, 1.54) is 0 Å². The summed E-state index contributed by atoms with van der Waals surface area (Å²) in [6.45, 7) is 0.741. The maximum absolute atomic E-state index is 12.7. The van der Waals surface area contributed by atoms with Crippen molar-refractivity contribution in [3.05, 3.63) is 54.1 Å². The monoisotopic (exact) mass is 354 g/mol. The fraction of sp³-hybridized carbons (Fsp3) is 0.300. The van der Waals surface area contributed by atoms with E-state index < -0.39 is 5.92 Å². The van der Waals surface area contributed by atoms with Gasteiger partial charge in [-0.05, 0) is 18.2 Å². The Hall–Kier alpha value is -2.86. The SMILES string of the molecule is COCc1ccccc1NC(=O)C1CC(=O)N(c2ccccc2OC)C1. The van der Waals surface area contributed by atoms with E-state index in [2.05, 4.69) is 5.32 Å². The van der Waals surface area contributed by atoms with Crippen molar-refractivity contribution in [1.29, 1.82) is 0 Å². The average Bonchev–Trinajstić information content (AvgIpc) is 3.05. The van der Waals surface area contributed by atoms with Gasteiger partial charge in [0.25, 0.3) is 0 Å². The fourth-order valence-electron chi connectivity index (χ4n) is 3.13. The molecule has 0 aliphatic carbocycles. The van der Waals surface area contributed by atoms with Crippen LogP contribution in [0.15, 0.2) is 48.5 Å². The first kappa shape index (κ1) is 17.9. The van der Waals surface area contributed by atoms with Crippen molar-refractivity contribution in [1.82, 2.24) is 0 Å². The van der Waals surface area contributed by atoms with Crippen molar-refractivity contribution in [2.45, 2.75) is 13.0 Å². The summed E-state index contributed by atoms with van der Waals surface area (Å²) in [5, 5.41) is 2.93. The molecule has 1 N–H and O–H groups in total. The van der Waals surface area contributed by atoms with Gasteiger partial charge in [0.05, 0.1) is 25.3 Å². The number of carbonyl (C=O) groups is 2. The summed E-state index contributed by atoms with van der Waals surface area (Å²) < 4.78 is 10.5. The first-order chi connectivity index (χ1) is 12.6. The highest BCUT2D eigenvalue weighted by Gasteiger charge is 2.36. The minimum atomic E-state index is -0.414. The van der Waals surface area contributed by atoms with Crippen molar-refractivity contribution in [2.75, 3.05) is 31.0 Å². The van der Waals surface area contributed by atoms with E-state index in [0.29, 0.717) is 30.3 Å². The minimum Gasteiger partial charge on any atom is -0.495 e. The molecule has 2 amide bonds. The molecule has 2 aromatic carbocycles. The van der Waals surface area contributed by atoms with Crippen LogP contribution >= 0.6 is 0 Å². The van der Waals surface area contributed by atoms with E-state index in [9.17, 15) is 9.59 Å². The zero-order valence-electron chi connectivity index (χ0n) is 14.9. The zero-order valence-corrected chi connectivity index (χ0v) is 14.9. The molecular weight excluding hydrogens is 332 g/mol. The van der Waals surface area contributed by atoms with E-state index in [1.807, 2.05) is 42.5 Å². The molecule has 1 atom stereocenters. The second-order valence-electron chi connectivity index (χ2n) is 6.16. The first-order valence-corrected chi connectivity index (χ1v) is 8.45. The molecule has 1 fully saturated rings. The van der Waals surface area contributed by atoms with Gasteiger partial charge in [0.1, 0.15) is 5.75 Å². The second kappa shape index (κ2) is 8.01. The third-order valence-electron chi connectivity index (χ3n) is 4.45. The number of ether oxygens (including phenoxy) is 2. The summed E-state index contributed by atoms with van der Waals surface area (Å²) >= 11 is 0.